The van der Waals surface area contributed by atoms with Crippen LogP contribution in [0.3, 0.4) is 0 Å². The average Bonchev–Trinajstić information content (AvgIpc) is 2.40. The van der Waals surface area contributed by atoms with Gasteiger partial charge in [-0.1, -0.05) is 6.07 Å². The second-order valence-electron chi connectivity index (χ2n) is 4.48. The molecule has 0 heterocycles. The number of aryl methyl sites for hydroxylation is 1. The number of carbonyl (C=O) groups excluding carboxylic acids is 1. The minimum absolute atomic E-state index is 0.396. The Bertz CT molecular complexity index is 656. The second-order valence-corrected chi connectivity index (χ2v) is 5.34. The standard InChI is InChI=1S/C15H15BrN2O2/c1-9-6-10(15(18)19)2-3-11(9)8-20-14-7-12(17)4-5-13(14)16/h2-7H,8,17H2,1H3,(H2,18,19). The molecule has 5 heteroatoms. The van der Waals surface area contributed by atoms with Crippen molar-refractivity contribution < 1.29 is 9.53 Å². The van der Waals surface area contributed by atoms with Gasteiger partial charge < -0.3 is 16.2 Å². The molecule has 0 atom stereocenters. The minimum atomic E-state index is -0.431. The molecular formula is C15H15BrN2O2. The third-order valence-corrected chi connectivity index (χ3v) is 3.62. The van der Waals surface area contributed by atoms with Crippen LogP contribution in [0.5, 0.6) is 5.75 Å². The summed E-state index contributed by atoms with van der Waals surface area (Å²) in [5.74, 6) is 0.252. The van der Waals surface area contributed by atoms with E-state index >= 15 is 0 Å². The van der Waals surface area contributed by atoms with Gasteiger partial charge in [-0.05, 0) is 58.2 Å². The predicted molar refractivity (Wildman–Crippen MR) is 82.6 cm³/mol. The molecule has 0 saturated heterocycles. The fourth-order valence-corrected chi connectivity index (χ4v) is 2.16. The number of ether oxygens (including phenoxy) is 1. The van der Waals surface area contributed by atoms with Gasteiger partial charge in [0.05, 0.1) is 4.47 Å². The molecule has 0 aliphatic carbocycles. The van der Waals surface area contributed by atoms with Crippen molar-refractivity contribution in [2.24, 2.45) is 5.73 Å². The molecule has 0 fully saturated rings. The Morgan fingerprint density at radius 1 is 1.25 bits per heavy atom. The SMILES string of the molecule is Cc1cc(C(N)=O)ccc1COc1cc(N)ccc1Br. The third-order valence-electron chi connectivity index (χ3n) is 2.97. The van der Waals surface area contributed by atoms with Crippen LogP contribution in [0.2, 0.25) is 0 Å². The monoisotopic (exact) mass is 334 g/mol. The number of hydrogen-bond donors (Lipinski definition) is 2. The van der Waals surface area contributed by atoms with E-state index in [2.05, 4.69) is 15.9 Å². The van der Waals surface area contributed by atoms with Gasteiger partial charge in [0.2, 0.25) is 5.91 Å². The number of anilines is 1. The van der Waals surface area contributed by atoms with Gasteiger partial charge >= 0.3 is 0 Å². The fraction of sp³-hybridized carbons (Fsp3) is 0.133. The topological polar surface area (TPSA) is 78.3 Å². The molecule has 2 aromatic rings. The van der Waals surface area contributed by atoms with Gasteiger partial charge in [-0.3, -0.25) is 4.79 Å². The molecule has 0 bridgehead atoms. The van der Waals surface area contributed by atoms with Gasteiger partial charge in [-0.15, -0.1) is 0 Å². The van der Waals surface area contributed by atoms with E-state index in [0.29, 0.717) is 23.6 Å². The molecule has 0 unspecified atom stereocenters. The van der Waals surface area contributed by atoms with Crippen molar-refractivity contribution in [3.8, 4) is 5.75 Å². The van der Waals surface area contributed by atoms with E-state index in [0.717, 1.165) is 15.6 Å². The number of halogens is 1. The van der Waals surface area contributed by atoms with Crippen LogP contribution in [0.4, 0.5) is 5.69 Å². The maximum atomic E-state index is 11.1. The molecule has 1 amide bonds. The van der Waals surface area contributed by atoms with Gasteiger partial charge in [0.25, 0.3) is 0 Å². The van der Waals surface area contributed by atoms with Crippen LogP contribution in [0.1, 0.15) is 21.5 Å². The lowest BCUT2D eigenvalue weighted by atomic mass is 10.1. The van der Waals surface area contributed by atoms with Crippen molar-refractivity contribution in [2.75, 3.05) is 5.73 Å². The normalized spacial score (nSPS) is 10.3. The highest BCUT2D eigenvalue weighted by Gasteiger charge is 2.06. The van der Waals surface area contributed by atoms with Crippen molar-refractivity contribution in [2.45, 2.75) is 13.5 Å². The van der Waals surface area contributed by atoms with E-state index in [1.54, 1.807) is 24.3 Å². The lowest BCUT2D eigenvalue weighted by Gasteiger charge is -2.11. The molecule has 0 radical (unpaired) electrons. The minimum Gasteiger partial charge on any atom is -0.488 e. The van der Waals surface area contributed by atoms with Crippen molar-refractivity contribution in [1.29, 1.82) is 0 Å². The van der Waals surface area contributed by atoms with Crippen LogP contribution in [0.15, 0.2) is 40.9 Å². The van der Waals surface area contributed by atoms with Crippen LogP contribution in [-0.4, -0.2) is 5.91 Å². The van der Waals surface area contributed by atoms with Gasteiger partial charge in [0, 0.05) is 17.3 Å². The lowest BCUT2D eigenvalue weighted by molar-refractivity contribution is 0.1000. The molecule has 2 rings (SSSR count). The summed E-state index contributed by atoms with van der Waals surface area (Å²) in [5, 5.41) is 0. The summed E-state index contributed by atoms with van der Waals surface area (Å²) in [6, 6.07) is 10.7. The van der Waals surface area contributed by atoms with E-state index < -0.39 is 5.91 Å². The first kappa shape index (κ1) is 14.4. The smallest absolute Gasteiger partial charge is 0.248 e. The fourth-order valence-electron chi connectivity index (χ4n) is 1.80. The van der Waals surface area contributed by atoms with E-state index in [1.165, 1.54) is 0 Å². The molecule has 0 spiro atoms. The van der Waals surface area contributed by atoms with Gasteiger partial charge in [0.15, 0.2) is 0 Å². The highest BCUT2D eigenvalue weighted by atomic mass is 79.9. The van der Waals surface area contributed by atoms with Gasteiger partial charge in [0.1, 0.15) is 12.4 Å². The van der Waals surface area contributed by atoms with Gasteiger partial charge in [-0.2, -0.15) is 0 Å². The van der Waals surface area contributed by atoms with Crippen molar-refractivity contribution >= 4 is 27.5 Å². The summed E-state index contributed by atoms with van der Waals surface area (Å²) < 4.78 is 6.59. The zero-order chi connectivity index (χ0) is 14.7. The van der Waals surface area contributed by atoms with E-state index in [-0.39, 0.29) is 0 Å². The Balaban J connectivity index is 2.15. The Hall–Kier alpha value is -2.01. The van der Waals surface area contributed by atoms with E-state index in [1.807, 2.05) is 19.1 Å². The molecule has 0 aliphatic rings. The van der Waals surface area contributed by atoms with Crippen LogP contribution in [0.25, 0.3) is 0 Å². The predicted octanol–water partition coefficient (Wildman–Crippen LogP) is 3.02. The summed E-state index contributed by atoms with van der Waals surface area (Å²) in [7, 11) is 0. The summed E-state index contributed by atoms with van der Waals surface area (Å²) in [6.07, 6.45) is 0. The zero-order valence-corrected chi connectivity index (χ0v) is 12.6. The van der Waals surface area contributed by atoms with Crippen molar-refractivity contribution in [3.63, 3.8) is 0 Å². The maximum absolute atomic E-state index is 11.1. The first-order valence-electron chi connectivity index (χ1n) is 6.04. The number of carbonyl (C=O) groups is 1. The Labute approximate surface area is 125 Å². The zero-order valence-electron chi connectivity index (χ0n) is 11.0. The first-order valence-corrected chi connectivity index (χ1v) is 6.84. The Kier molecular flexibility index (Phi) is 4.29. The molecule has 2 aromatic carbocycles. The van der Waals surface area contributed by atoms with Gasteiger partial charge in [-0.25, -0.2) is 0 Å². The molecule has 0 aliphatic heterocycles. The number of hydrogen-bond acceptors (Lipinski definition) is 3. The largest absolute Gasteiger partial charge is 0.488 e. The van der Waals surface area contributed by atoms with Crippen LogP contribution >= 0.6 is 15.9 Å². The third kappa shape index (κ3) is 3.30. The second kappa shape index (κ2) is 5.96. The summed E-state index contributed by atoms with van der Waals surface area (Å²) in [6.45, 7) is 2.31. The van der Waals surface area contributed by atoms with Crippen LogP contribution < -0.4 is 16.2 Å². The van der Waals surface area contributed by atoms with Crippen molar-refractivity contribution in [3.05, 3.63) is 57.6 Å². The van der Waals surface area contributed by atoms with Crippen molar-refractivity contribution in [1.82, 2.24) is 0 Å². The maximum Gasteiger partial charge on any atom is 0.248 e. The quantitative estimate of drug-likeness (QED) is 0.843. The highest BCUT2D eigenvalue weighted by molar-refractivity contribution is 9.10. The van der Waals surface area contributed by atoms with Crippen LogP contribution in [0, 0.1) is 6.92 Å². The molecule has 20 heavy (non-hydrogen) atoms. The summed E-state index contributed by atoms with van der Waals surface area (Å²) in [5.41, 5.74) is 14.1. The molecule has 0 saturated carbocycles. The Morgan fingerprint density at radius 3 is 2.65 bits per heavy atom. The highest BCUT2D eigenvalue weighted by Crippen LogP contribution is 2.28. The number of benzene rings is 2. The molecule has 0 aromatic heterocycles. The summed E-state index contributed by atoms with van der Waals surface area (Å²) >= 11 is 3.41. The number of rotatable bonds is 4. The van der Waals surface area contributed by atoms with E-state index in [9.17, 15) is 4.79 Å². The summed E-state index contributed by atoms with van der Waals surface area (Å²) in [4.78, 5) is 11.1. The number of primary amides is 1. The Morgan fingerprint density at radius 2 is 2.00 bits per heavy atom. The number of nitrogen functional groups attached to an aromatic ring is 1. The molecule has 4 nitrogen and oxygen atoms in total. The molecule has 104 valence electrons. The number of nitrogens with two attached hydrogens (primary N) is 2. The number of amides is 1. The van der Waals surface area contributed by atoms with E-state index in [4.69, 9.17) is 16.2 Å². The average molecular weight is 335 g/mol. The lowest BCUT2D eigenvalue weighted by Crippen LogP contribution is -2.11. The molecule has 4 N–H and O–H groups in total. The van der Waals surface area contributed by atoms with Crippen LogP contribution in [-0.2, 0) is 6.61 Å². The first-order chi connectivity index (χ1) is 9.47. The molecular weight excluding hydrogens is 320 g/mol.